The molecule has 0 radical (unpaired) electrons. The molecule has 1 atom stereocenters. The molecule has 1 aliphatic rings. The molecule has 1 aliphatic carbocycles. The van der Waals surface area contributed by atoms with E-state index in [1.54, 1.807) is 0 Å². The van der Waals surface area contributed by atoms with Crippen LogP contribution in [0.1, 0.15) is 35.6 Å². The molecule has 0 amide bonds. The zero-order valence-corrected chi connectivity index (χ0v) is 10.8. The van der Waals surface area contributed by atoms with E-state index in [1.165, 1.54) is 29.5 Å². The van der Waals surface area contributed by atoms with E-state index in [0.717, 1.165) is 12.5 Å². The Bertz CT molecular complexity index is 520. The molecule has 1 aromatic heterocycles. The largest absolute Gasteiger partial charge is 0.350 e. The van der Waals surface area contributed by atoms with Gasteiger partial charge in [0, 0.05) is 25.0 Å². The SMILES string of the molecule is Cc1ccc(Cn2ccc(C(N)C3CC3)c2)cc1. The molecule has 0 saturated heterocycles. The van der Waals surface area contributed by atoms with E-state index in [4.69, 9.17) is 5.73 Å². The number of hydrogen-bond acceptors (Lipinski definition) is 1. The first kappa shape index (κ1) is 11.5. The average molecular weight is 240 g/mol. The highest BCUT2D eigenvalue weighted by Crippen LogP contribution is 2.39. The minimum absolute atomic E-state index is 0.240. The lowest BCUT2D eigenvalue weighted by Gasteiger charge is -2.07. The van der Waals surface area contributed by atoms with Crippen LogP contribution in [0.15, 0.2) is 42.7 Å². The Balaban J connectivity index is 1.71. The maximum absolute atomic E-state index is 6.21. The molecular formula is C16H20N2. The quantitative estimate of drug-likeness (QED) is 0.873. The van der Waals surface area contributed by atoms with Crippen molar-refractivity contribution in [3.8, 4) is 0 Å². The number of nitrogens with zero attached hydrogens (tertiary/aromatic N) is 1. The van der Waals surface area contributed by atoms with Gasteiger partial charge in [0.1, 0.15) is 0 Å². The number of aryl methyl sites for hydroxylation is 1. The van der Waals surface area contributed by atoms with Gasteiger partial charge in [0.15, 0.2) is 0 Å². The number of rotatable bonds is 4. The predicted molar refractivity (Wildman–Crippen MR) is 74.4 cm³/mol. The summed E-state index contributed by atoms with van der Waals surface area (Å²) in [4.78, 5) is 0. The number of benzene rings is 1. The van der Waals surface area contributed by atoms with E-state index in [0.29, 0.717) is 0 Å². The monoisotopic (exact) mass is 240 g/mol. The van der Waals surface area contributed by atoms with E-state index in [1.807, 2.05) is 0 Å². The molecule has 3 rings (SSSR count). The molecule has 1 unspecified atom stereocenters. The molecule has 1 fully saturated rings. The average Bonchev–Trinajstić information content (AvgIpc) is 3.12. The van der Waals surface area contributed by atoms with Crippen molar-refractivity contribution >= 4 is 0 Å². The van der Waals surface area contributed by atoms with Crippen LogP contribution in [0.5, 0.6) is 0 Å². The molecule has 1 heterocycles. The van der Waals surface area contributed by atoms with Crippen LogP contribution in [0.2, 0.25) is 0 Å². The highest BCUT2D eigenvalue weighted by Gasteiger charge is 2.29. The summed E-state index contributed by atoms with van der Waals surface area (Å²) in [6, 6.07) is 11.1. The predicted octanol–water partition coefficient (Wildman–Crippen LogP) is 3.25. The fraction of sp³-hybridized carbons (Fsp3) is 0.375. The lowest BCUT2D eigenvalue weighted by molar-refractivity contribution is 0.631. The first-order valence-electron chi connectivity index (χ1n) is 6.69. The lowest BCUT2D eigenvalue weighted by Crippen LogP contribution is -2.11. The molecule has 0 bridgehead atoms. The molecule has 0 spiro atoms. The molecule has 2 nitrogen and oxygen atoms in total. The summed E-state index contributed by atoms with van der Waals surface area (Å²) in [5.74, 6) is 0.722. The van der Waals surface area contributed by atoms with E-state index in [9.17, 15) is 0 Å². The molecule has 18 heavy (non-hydrogen) atoms. The van der Waals surface area contributed by atoms with Gasteiger partial charge in [0.2, 0.25) is 0 Å². The van der Waals surface area contributed by atoms with Gasteiger partial charge in [-0.3, -0.25) is 0 Å². The van der Waals surface area contributed by atoms with Gasteiger partial charge in [0.05, 0.1) is 0 Å². The van der Waals surface area contributed by atoms with Gasteiger partial charge in [0.25, 0.3) is 0 Å². The van der Waals surface area contributed by atoms with Crippen molar-refractivity contribution in [3.63, 3.8) is 0 Å². The second-order valence-corrected chi connectivity index (χ2v) is 5.47. The number of aromatic nitrogens is 1. The van der Waals surface area contributed by atoms with Crippen molar-refractivity contribution in [2.45, 2.75) is 32.4 Å². The number of hydrogen-bond donors (Lipinski definition) is 1. The van der Waals surface area contributed by atoms with Gasteiger partial charge >= 0.3 is 0 Å². The highest BCUT2D eigenvalue weighted by atomic mass is 14.9. The second kappa shape index (κ2) is 4.62. The maximum Gasteiger partial charge on any atom is 0.0470 e. The smallest absolute Gasteiger partial charge is 0.0470 e. The Labute approximate surface area is 108 Å². The van der Waals surface area contributed by atoms with Crippen LogP contribution in [0.4, 0.5) is 0 Å². The van der Waals surface area contributed by atoms with Crippen LogP contribution < -0.4 is 5.73 Å². The van der Waals surface area contributed by atoms with Crippen molar-refractivity contribution in [3.05, 3.63) is 59.4 Å². The van der Waals surface area contributed by atoms with Crippen LogP contribution >= 0.6 is 0 Å². The molecule has 2 aromatic rings. The van der Waals surface area contributed by atoms with Gasteiger partial charge in [-0.15, -0.1) is 0 Å². The molecule has 1 saturated carbocycles. The van der Waals surface area contributed by atoms with E-state index in [2.05, 4.69) is 54.2 Å². The Morgan fingerprint density at radius 2 is 1.94 bits per heavy atom. The van der Waals surface area contributed by atoms with Crippen molar-refractivity contribution in [2.75, 3.05) is 0 Å². The van der Waals surface area contributed by atoms with Gasteiger partial charge in [-0.2, -0.15) is 0 Å². The maximum atomic E-state index is 6.21. The molecule has 2 N–H and O–H groups in total. The summed E-state index contributed by atoms with van der Waals surface area (Å²) in [5, 5.41) is 0. The Kier molecular flexibility index (Phi) is 2.96. The van der Waals surface area contributed by atoms with E-state index >= 15 is 0 Å². The highest BCUT2D eigenvalue weighted by molar-refractivity contribution is 5.23. The minimum atomic E-state index is 0.240. The van der Waals surface area contributed by atoms with Crippen LogP contribution in [-0.4, -0.2) is 4.57 Å². The van der Waals surface area contributed by atoms with E-state index in [-0.39, 0.29) is 6.04 Å². The molecule has 0 aliphatic heterocycles. The lowest BCUT2D eigenvalue weighted by atomic mass is 10.1. The Morgan fingerprint density at radius 1 is 1.22 bits per heavy atom. The van der Waals surface area contributed by atoms with Crippen LogP contribution in [0.25, 0.3) is 0 Å². The van der Waals surface area contributed by atoms with Crippen LogP contribution in [0.3, 0.4) is 0 Å². The first-order valence-corrected chi connectivity index (χ1v) is 6.69. The van der Waals surface area contributed by atoms with Crippen LogP contribution in [-0.2, 0) is 6.54 Å². The fourth-order valence-electron chi connectivity index (χ4n) is 2.39. The third-order valence-corrected chi connectivity index (χ3v) is 3.77. The fourth-order valence-corrected chi connectivity index (χ4v) is 2.39. The summed E-state index contributed by atoms with van der Waals surface area (Å²) >= 11 is 0. The normalized spacial score (nSPS) is 16.8. The minimum Gasteiger partial charge on any atom is -0.350 e. The van der Waals surface area contributed by atoms with Crippen molar-refractivity contribution in [1.29, 1.82) is 0 Å². The van der Waals surface area contributed by atoms with Crippen molar-refractivity contribution < 1.29 is 0 Å². The zero-order chi connectivity index (χ0) is 12.5. The zero-order valence-electron chi connectivity index (χ0n) is 10.8. The molecule has 1 aromatic carbocycles. The molecular weight excluding hydrogens is 220 g/mol. The van der Waals surface area contributed by atoms with Gasteiger partial charge in [-0.05, 0) is 42.9 Å². The number of nitrogens with two attached hydrogens (primary N) is 1. The topological polar surface area (TPSA) is 30.9 Å². The summed E-state index contributed by atoms with van der Waals surface area (Å²) in [5.41, 5.74) is 10.1. The summed E-state index contributed by atoms with van der Waals surface area (Å²) < 4.78 is 2.22. The molecule has 94 valence electrons. The Hall–Kier alpha value is -1.54. The van der Waals surface area contributed by atoms with Gasteiger partial charge < -0.3 is 10.3 Å². The third kappa shape index (κ3) is 2.49. The molecule has 2 heteroatoms. The van der Waals surface area contributed by atoms with Gasteiger partial charge in [-0.25, -0.2) is 0 Å². The first-order chi connectivity index (χ1) is 8.72. The van der Waals surface area contributed by atoms with Gasteiger partial charge in [-0.1, -0.05) is 29.8 Å². The third-order valence-electron chi connectivity index (χ3n) is 3.77. The van der Waals surface area contributed by atoms with Crippen LogP contribution in [0, 0.1) is 12.8 Å². The second-order valence-electron chi connectivity index (χ2n) is 5.47. The standard InChI is InChI=1S/C16H20N2/c1-12-2-4-13(5-3-12)10-18-9-8-15(11-18)16(17)14-6-7-14/h2-5,8-9,11,14,16H,6-7,10,17H2,1H3. The summed E-state index contributed by atoms with van der Waals surface area (Å²) in [7, 11) is 0. The summed E-state index contributed by atoms with van der Waals surface area (Å²) in [6.45, 7) is 3.05. The summed E-state index contributed by atoms with van der Waals surface area (Å²) in [6.07, 6.45) is 6.93. The Morgan fingerprint density at radius 3 is 2.61 bits per heavy atom. The van der Waals surface area contributed by atoms with E-state index < -0.39 is 0 Å². The van der Waals surface area contributed by atoms with Crippen molar-refractivity contribution in [2.24, 2.45) is 11.7 Å². The van der Waals surface area contributed by atoms with Crippen molar-refractivity contribution in [1.82, 2.24) is 4.57 Å².